The standard InChI is InChI=1S/C14H22FNO3/c1-10(17)14(5)9-16(7-6-11(14)8-15)12(18)19-13(2,3)4/h8H,6-7,9H2,1-5H3/b11-8+/t14-/m0/s1. The number of Topliss-reactive ketones (excluding diaryl/α,β-unsaturated/α-hetero) is 1. The number of ether oxygens (including phenoxy) is 1. The van der Waals surface area contributed by atoms with Gasteiger partial charge in [0.2, 0.25) is 0 Å². The van der Waals surface area contributed by atoms with Gasteiger partial charge in [0, 0.05) is 13.1 Å². The van der Waals surface area contributed by atoms with E-state index < -0.39 is 17.1 Å². The van der Waals surface area contributed by atoms with Crippen LogP contribution >= 0.6 is 0 Å². The van der Waals surface area contributed by atoms with Gasteiger partial charge in [0.05, 0.1) is 11.7 Å². The van der Waals surface area contributed by atoms with Gasteiger partial charge in [-0.15, -0.1) is 0 Å². The summed E-state index contributed by atoms with van der Waals surface area (Å²) in [5.41, 5.74) is -1.09. The number of ketones is 1. The lowest BCUT2D eigenvalue weighted by Gasteiger charge is -2.40. The first kappa shape index (κ1) is 15.7. The Kier molecular flexibility index (Phi) is 4.38. The largest absolute Gasteiger partial charge is 0.444 e. The number of amides is 1. The van der Waals surface area contributed by atoms with E-state index in [0.29, 0.717) is 24.9 Å². The summed E-state index contributed by atoms with van der Waals surface area (Å²) in [7, 11) is 0. The highest BCUT2D eigenvalue weighted by atomic mass is 19.1. The van der Waals surface area contributed by atoms with E-state index in [-0.39, 0.29) is 12.3 Å². The number of likely N-dealkylation sites (tertiary alicyclic amines) is 1. The van der Waals surface area contributed by atoms with Crippen LogP contribution in [0.2, 0.25) is 0 Å². The maximum absolute atomic E-state index is 12.9. The molecule has 1 aliphatic rings. The highest BCUT2D eigenvalue weighted by Gasteiger charge is 2.42. The van der Waals surface area contributed by atoms with Crippen LogP contribution in [-0.2, 0) is 9.53 Å². The highest BCUT2D eigenvalue weighted by molar-refractivity contribution is 5.86. The Labute approximate surface area is 113 Å². The van der Waals surface area contributed by atoms with E-state index in [1.54, 1.807) is 27.7 Å². The molecule has 1 rings (SSSR count). The van der Waals surface area contributed by atoms with Gasteiger partial charge >= 0.3 is 6.09 Å². The molecule has 0 radical (unpaired) electrons. The summed E-state index contributed by atoms with van der Waals surface area (Å²) >= 11 is 0. The third-order valence-corrected chi connectivity index (χ3v) is 3.43. The quantitative estimate of drug-likeness (QED) is 0.736. The van der Waals surface area contributed by atoms with Crippen molar-refractivity contribution in [2.45, 2.75) is 46.6 Å². The predicted octanol–water partition coefficient (Wildman–Crippen LogP) is 3.08. The first-order valence-electron chi connectivity index (χ1n) is 6.39. The van der Waals surface area contributed by atoms with Crippen molar-refractivity contribution in [3.63, 3.8) is 0 Å². The van der Waals surface area contributed by atoms with Crippen molar-refractivity contribution in [3.05, 3.63) is 11.9 Å². The summed E-state index contributed by atoms with van der Waals surface area (Å²) in [6.07, 6.45) is 0.387. The zero-order valence-electron chi connectivity index (χ0n) is 12.2. The Morgan fingerprint density at radius 1 is 1.42 bits per heavy atom. The minimum absolute atomic E-state index is 0.148. The molecule has 0 saturated carbocycles. The number of carbonyl (C=O) groups is 2. The second-order valence-corrected chi connectivity index (χ2v) is 6.17. The van der Waals surface area contributed by atoms with Crippen molar-refractivity contribution in [1.29, 1.82) is 0 Å². The van der Waals surface area contributed by atoms with E-state index in [2.05, 4.69) is 0 Å². The average molecular weight is 271 g/mol. The van der Waals surface area contributed by atoms with Crippen molar-refractivity contribution in [2.75, 3.05) is 13.1 Å². The zero-order valence-corrected chi connectivity index (χ0v) is 12.2. The van der Waals surface area contributed by atoms with E-state index in [4.69, 9.17) is 4.74 Å². The molecule has 0 aromatic carbocycles. The van der Waals surface area contributed by atoms with Gasteiger partial charge in [-0.3, -0.25) is 4.79 Å². The summed E-state index contributed by atoms with van der Waals surface area (Å²) in [4.78, 5) is 25.2. The Balaban J connectivity index is 2.88. The number of piperidine rings is 1. The lowest BCUT2D eigenvalue weighted by Crippen LogP contribution is -2.50. The number of rotatable bonds is 1. The molecular formula is C14H22FNO3. The Hall–Kier alpha value is -1.39. The molecule has 0 unspecified atom stereocenters. The Bertz CT molecular complexity index is 411. The molecular weight excluding hydrogens is 249 g/mol. The van der Waals surface area contributed by atoms with Crippen molar-refractivity contribution in [1.82, 2.24) is 4.90 Å². The van der Waals surface area contributed by atoms with Crippen LogP contribution in [0.25, 0.3) is 0 Å². The van der Waals surface area contributed by atoms with Gasteiger partial charge < -0.3 is 9.64 Å². The summed E-state index contributed by atoms with van der Waals surface area (Å²) in [5.74, 6) is -0.148. The lowest BCUT2D eigenvalue weighted by molar-refractivity contribution is -0.125. The minimum Gasteiger partial charge on any atom is -0.444 e. The number of hydrogen-bond acceptors (Lipinski definition) is 3. The van der Waals surface area contributed by atoms with Crippen LogP contribution in [0.5, 0.6) is 0 Å². The molecule has 0 spiro atoms. The molecule has 0 bridgehead atoms. The summed E-state index contributed by atoms with van der Waals surface area (Å²) in [6.45, 7) is 8.96. The Morgan fingerprint density at radius 3 is 2.42 bits per heavy atom. The molecule has 4 nitrogen and oxygen atoms in total. The second-order valence-electron chi connectivity index (χ2n) is 6.17. The van der Waals surface area contributed by atoms with Crippen molar-refractivity contribution >= 4 is 11.9 Å². The van der Waals surface area contributed by atoms with Gasteiger partial charge in [-0.25, -0.2) is 9.18 Å². The highest BCUT2D eigenvalue weighted by Crippen LogP contribution is 2.36. The molecule has 108 valence electrons. The van der Waals surface area contributed by atoms with E-state index in [1.165, 1.54) is 11.8 Å². The molecule has 0 aromatic heterocycles. The SMILES string of the molecule is CC(=O)[C@]1(C)CN(C(=O)OC(C)(C)C)CC/C1=C\F. The molecule has 0 N–H and O–H groups in total. The van der Waals surface area contributed by atoms with Gasteiger partial charge in [-0.1, -0.05) is 0 Å². The number of halogens is 1. The fourth-order valence-electron chi connectivity index (χ4n) is 2.09. The van der Waals surface area contributed by atoms with Crippen molar-refractivity contribution < 1.29 is 18.7 Å². The molecule has 1 aliphatic heterocycles. The van der Waals surface area contributed by atoms with Gasteiger partial charge in [0.25, 0.3) is 0 Å². The number of nitrogens with zero attached hydrogens (tertiary/aromatic N) is 1. The van der Waals surface area contributed by atoms with E-state index in [1.807, 2.05) is 0 Å². The number of carbonyl (C=O) groups excluding carboxylic acids is 2. The molecule has 1 amide bonds. The van der Waals surface area contributed by atoms with Crippen molar-refractivity contribution in [3.8, 4) is 0 Å². The van der Waals surface area contributed by atoms with E-state index in [9.17, 15) is 14.0 Å². The third-order valence-electron chi connectivity index (χ3n) is 3.43. The molecule has 5 heteroatoms. The van der Waals surface area contributed by atoms with Crippen LogP contribution in [0.3, 0.4) is 0 Å². The fraction of sp³-hybridized carbons (Fsp3) is 0.714. The molecule has 19 heavy (non-hydrogen) atoms. The van der Waals surface area contributed by atoms with Crippen LogP contribution < -0.4 is 0 Å². The van der Waals surface area contributed by atoms with Crippen LogP contribution in [0.1, 0.15) is 41.0 Å². The van der Waals surface area contributed by atoms with Gasteiger partial charge in [-0.2, -0.15) is 0 Å². The molecule has 0 aliphatic carbocycles. The summed E-state index contributed by atoms with van der Waals surface area (Å²) < 4.78 is 18.2. The minimum atomic E-state index is -0.954. The van der Waals surface area contributed by atoms with E-state index in [0.717, 1.165) is 0 Å². The molecule has 1 saturated heterocycles. The molecule has 1 fully saturated rings. The van der Waals surface area contributed by atoms with Crippen LogP contribution in [0.15, 0.2) is 11.9 Å². The fourth-order valence-corrected chi connectivity index (χ4v) is 2.09. The topological polar surface area (TPSA) is 46.6 Å². The maximum Gasteiger partial charge on any atom is 0.410 e. The smallest absolute Gasteiger partial charge is 0.410 e. The first-order valence-corrected chi connectivity index (χ1v) is 6.39. The average Bonchev–Trinajstić information content (AvgIpc) is 2.26. The molecule has 1 atom stereocenters. The summed E-state index contributed by atoms with van der Waals surface area (Å²) in [6, 6.07) is 0. The predicted molar refractivity (Wildman–Crippen MR) is 70.4 cm³/mol. The van der Waals surface area contributed by atoms with Crippen LogP contribution in [-0.4, -0.2) is 35.5 Å². The molecule has 1 heterocycles. The second kappa shape index (κ2) is 5.31. The molecule has 0 aromatic rings. The monoisotopic (exact) mass is 271 g/mol. The third kappa shape index (κ3) is 3.55. The zero-order chi connectivity index (χ0) is 14.8. The van der Waals surface area contributed by atoms with Gasteiger partial charge in [0.15, 0.2) is 0 Å². The number of hydrogen-bond donors (Lipinski definition) is 0. The van der Waals surface area contributed by atoms with Crippen LogP contribution in [0.4, 0.5) is 9.18 Å². The Morgan fingerprint density at radius 2 is 2.00 bits per heavy atom. The van der Waals surface area contributed by atoms with Crippen molar-refractivity contribution in [2.24, 2.45) is 5.41 Å². The first-order chi connectivity index (χ1) is 8.60. The lowest BCUT2D eigenvalue weighted by atomic mass is 9.75. The van der Waals surface area contributed by atoms with E-state index >= 15 is 0 Å². The maximum atomic E-state index is 12.9. The summed E-state index contributed by atoms with van der Waals surface area (Å²) in [5, 5.41) is 0. The van der Waals surface area contributed by atoms with Gasteiger partial charge in [0.1, 0.15) is 11.4 Å². The normalized spacial score (nSPS) is 26.4. The van der Waals surface area contributed by atoms with Gasteiger partial charge in [-0.05, 0) is 46.6 Å². The van der Waals surface area contributed by atoms with Crippen LogP contribution in [0, 0.1) is 5.41 Å².